The van der Waals surface area contributed by atoms with Crippen LogP contribution in [0.1, 0.15) is 11.1 Å². The molecule has 0 aromatic heterocycles. The van der Waals surface area contributed by atoms with Crippen molar-refractivity contribution in [3.63, 3.8) is 0 Å². The van der Waals surface area contributed by atoms with Gasteiger partial charge < -0.3 is 9.84 Å². The zero-order valence-corrected chi connectivity index (χ0v) is 10.1. The lowest BCUT2D eigenvalue weighted by Crippen LogP contribution is -2.44. The molecule has 1 atom stereocenters. The van der Waals surface area contributed by atoms with Crippen LogP contribution in [-0.4, -0.2) is 31.0 Å². The lowest BCUT2D eigenvalue weighted by atomic mass is 10.1. The van der Waals surface area contributed by atoms with Crippen molar-refractivity contribution in [2.24, 2.45) is 5.92 Å². The van der Waals surface area contributed by atoms with Crippen molar-refractivity contribution < 1.29 is 14.6 Å². The summed E-state index contributed by atoms with van der Waals surface area (Å²) in [6.45, 7) is 4.89. The largest absolute Gasteiger partial charge is 0.449 e. The molecular formula is C13H17NO3. The fourth-order valence-electron chi connectivity index (χ4n) is 1.87. The smallest absolute Gasteiger partial charge is 0.414 e. The van der Waals surface area contributed by atoms with E-state index in [1.54, 1.807) is 4.90 Å². The first-order chi connectivity index (χ1) is 8.11. The Kier molecular flexibility index (Phi) is 3.33. The number of rotatable bonds is 2. The second kappa shape index (κ2) is 4.75. The van der Waals surface area contributed by atoms with E-state index < -0.39 is 0 Å². The van der Waals surface area contributed by atoms with E-state index in [4.69, 9.17) is 9.84 Å². The minimum Gasteiger partial charge on any atom is -0.449 e. The highest BCUT2D eigenvalue weighted by atomic mass is 16.6. The highest BCUT2D eigenvalue weighted by Gasteiger charge is 2.27. The van der Waals surface area contributed by atoms with E-state index in [1.165, 1.54) is 5.56 Å². The molecule has 17 heavy (non-hydrogen) atoms. The Balaban J connectivity index is 2.24. The van der Waals surface area contributed by atoms with Gasteiger partial charge in [-0.2, -0.15) is 0 Å². The third-order valence-electron chi connectivity index (χ3n) is 3.16. The summed E-state index contributed by atoms with van der Waals surface area (Å²) in [5.41, 5.74) is 3.16. The van der Waals surface area contributed by atoms with Gasteiger partial charge in [0.1, 0.15) is 0 Å². The number of hydrogen-bond acceptors (Lipinski definition) is 3. The summed E-state index contributed by atoms with van der Waals surface area (Å²) in [6, 6.07) is 5.86. The van der Waals surface area contributed by atoms with E-state index in [2.05, 4.69) is 0 Å². The van der Waals surface area contributed by atoms with Gasteiger partial charge in [-0.15, -0.1) is 0 Å². The third kappa shape index (κ3) is 2.42. The second-order valence-corrected chi connectivity index (χ2v) is 4.50. The van der Waals surface area contributed by atoms with Crippen molar-refractivity contribution in [3.05, 3.63) is 29.3 Å². The van der Waals surface area contributed by atoms with Crippen LogP contribution in [0.3, 0.4) is 0 Å². The molecule has 0 bridgehead atoms. The minimum atomic E-state index is -0.335. The molecule has 1 unspecified atom stereocenters. The lowest BCUT2D eigenvalue weighted by Gasteiger charge is -2.31. The molecule has 1 aliphatic heterocycles. The molecule has 0 radical (unpaired) electrons. The molecule has 1 aliphatic rings. The van der Waals surface area contributed by atoms with Crippen LogP contribution in [0.15, 0.2) is 18.2 Å². The zero-order valence-electron chi connectivity index (χ0n) is 10.1. The summed E-state index contributed by atoms with van der Waals surface area (Å²) >= 11 is 0. The maximum absolute atomic E-state index is 11.7. The van der Waals surface area contributed by atoms with Gasteiger partial charge in [0.15, 0.2) is 0 Å². The van der Waals surface area contributed by atoms with E-state index in [1.807, 2.05) is 32.0 Å². The maximum atomic E-state index is 11.7. The van der Waals surface area contributed by atoms with Gasteiger partial charge in [0.25, 0.3) is 0 Å². The Bertz CT molecular complexity index is 431. The first-order valence-corrected chi connectivity index (χ1v) is 5.74. The first-order valence-electron chi connectivity index (χ1n) is 5.74. The molecule has 1 heterocycles. The number of amides is 1. The number of benzene rings is 1. The van der Waals surface area contributed by atoms with Gasteiger partial charge in [-0.05, 0) is 37.1 Å². The number of hydrogen-bond donors (Lipinski definition) is 1. The highest BCUT2D eigenvalue weighted by Crippen LogP contribution is 2.23. The van der Waals surface area contributed by atoms with Gasteiger partial charge in [0.2, 0.25) is 0 Å². The summed E-state index contributed by atoms with van der Waals surface area (Å²) in [5.74, 6) is -0.00527. The normalized spacial score (nSPS) is 20.3. The average Bonchev–Trinajstić information content (AvgIpc) is 2.33. The molecule has 1 N–H and O–H groups in total. The van der Waals surface area contributed by atoms with Crippen molar-refractivity contribution in [2.75, 3.05) is 24.7 Å². The molecule has 2 rings (SSSR count). The van der Waals surface area contributed by atoms with E-state index >= 15 is 0 Å². The van der Waals surface area contributed by atoms with Crippen molar-refractivity contribution in [3.8, 4) is 0 Å². The predicted octanol–water partition coefficient (Wildman–Crippen LogP) is 1.87. The number of aryl methyl sites for hydroxylation is 2. The van der Waals surface area contributed by atoms with Crippen LogP contribution in [0.25, 0.3) is 0 Å². The fraction of sp³-hybridized carbons (Fsp3) is 0.462. The third-order valence-corrected chi connectivity index (χ3v) is 3.16. The number of aliphatic hydroxyl groups is 1. The number of carbonyl (C=O) groups is 1. The molecule has 1 saturated heterocycles. The maximum Gasteiger partial charge on any atom is 0.414 e. The Morgan fingerprint density at radius 1 is 1.41 bits per heavy atom. The Morgan fingerprint density at radius 2 is 2.18 bits per heavy atom. The number of nitrogens with zero attached hydrogens (tertiary/aromatic N) is 1. The first kappa shape index (κ1) is 11.9. The van der Waals surface area contributed by atoms with Crippen LogP contribution in [0.5, 0.6) is 0 Å². The summed E-state index contributed by atoms with van der Waals surface area (Å²) in [5, 5.41) is 9.12. The molecular weight excluding hydrogens is 218 g/mol. The van der Waals surface area contributed by atoms with Crippen LogP contribution in [0.4, 0.5) is 10.5 Å². The summed E-state index contributed by atoms with van der Waals surface area (Å²) in [6.07, 6.45) is -0.335. The number of ether oxygens (including phenoxy) is 1. The molecule has 4 heteroatoms. The lowest BCUT2D eigenvalue weighted by molar-refractivity contribution is 0.0900. The quantitative estimate of drug-likeness (QED) is 0.851. The Labute approximate surface area is 101 Å². The monoisotopic (exact) mass is 235 g/mol. The molecule has 92 valence electrons. The zero-order chi connectivity index (χ0) is 12.4. The molecule has 0 aliphatic carbocycles. The van der Waals surface area contributed by atoms with Crippen molar-refractivity contribution in [1.29, 1.82) is 0 Å². The molecule has 4 nitrogen and oxygen atoms in total. The van der Waals surface area contributed by atoms with Crippen LogP contribution in [0.2, 0.25) is 0 Å². The van der Waals surface area contributed by atoms with Gasteiger partial charge in [-0.25, -0.2) is 4.79 Å². The van der Waals surface area contributed by atoms with Crippen molar-refractivity contribution in [1.82, 2.24) is 0 Å². The Hall–Kier alpha value is -1.55. The van der Waals surface area contributed by atoms with Crippen LogP contribution >= 0.6 is 0 Å². The highest BCUT2D eigenvalue weighted by molar-refractivity contribution is 5.88. The average molecular weight is 235 g/mol. The number of anilines is 1. The predicted molar refractivity (Wildman–Crippen MR) is 65.2 cm³/mol. The number of cyclic esters (lactones) is 1. The van der Waals surface area contributed by atoms with Crippen LogP contribution < -0.4 is 4.90 Å². The van der Waals surface area contributed by atoms with Gasteiger partial charge >= 0.3 is 6.09 Å². The van der Waals surface area contributed by atoms with Gasteiger partial charge in [0.05, 0.1) is 13.2 Å². The van der Waals surface area contributed by atoms with Crippen molar-refractivity contribution >= 4 is 11.8 Å². The van der Waals surface area contributed by atoms with Gasteiger partial charge in [-0.3, -0.25) is 4.90 Å². The summed E-state index contributed by atoms with van der Waals surface area (Å²) in [7, 11) is 0. The van der Waals surface area contributed by atoms with Crippen LogP contribution in [-0.2, 0) is 4.74 Å². The van der Waals surface area contributed by atoms with Gasteiger partial charge in [0, 0.05) is 18.2 Å². The molecule has 1 amide bonds. The topological polar surface area (TPSA) is 49.8 Å². The van der Waals surface area contributed by atoms with E-state index in [0.29, 0.717) is 13.2 Å². The standard InChI is InChI=1S/C13H17NO3/c1-9-3-4-12(5-10(9)2)14-6-11(7-15)8-17-13(14)16/h3-5,11,15H,6-8H2,1-2H3. The number of aliphatic hydroxyl groups excluding tert-OH is 1. The molecule has 1 aromatic rings. The van der Waals surface area contributed by atoms with Gasteiger partial charge in [-0.1, -0.05) is 6.07 Å². The summed E-state index contributed by atoms with van der Waals surface area (Å²) in [4.78, 5) is 13.3. The molecule has 1 aromatic carbocycles. The fourth-order valence-corrected chi connectivity index (χ4v) is 1.87. The summed E-state index contributed by atoms with van der Waals surface area (Å²) < 4.78 is 5.05. The van der Waals surface area contributed by atoms with E-state index in [0.717, 1.165) is 11.3 Å². The minimum absolute atomic E-state index is 0.00527. The second-order valence-electron chi connectivity index (χ2n) is 4.50. The van der Waals surface area contributed by atoms with Crippen molar-refractivity contribution in [2.45, 2.75) is 13.8 Å². The Morgan fingerprint density at radius 3 is 2.82 bits per heavy atom. The van der Waals surface area contributed by atoms with Crippen LogP contribution in [0, 0.1) is 19.8 Å². The molecule has 0 spiro atoms. The SMILES string of the molecule is Cc1ccc(N2CC(CO)COC2=O)cc1C. The molecule has 0 saturated carbocycles. The van der Waals surface area contributed by atoms with E-state index in [9.17, 15) is 4.79 Å². The number of carbonyl (C=O) groups excluding carboxylic acids is 1. The van der Waals surface area contributed by atoms with E-state index in [-0.39, 0.29) is 18.6 Å². The molecule has 1 fully saturated rings.